The van der Waals surface area contributed by atoms with Crippen LogP contribution >= 0.6 is 11.3 Å². The van der Waals surface area contributed by atoms with Gasteiger partial charge in [0.05, 0.1) is 30.1 Å². The summed E-state index contributed by atoms with van der Waals surface area (Å²) in [5.74, 6) is 1.19. The van der Waals surface area contributed by atoms with Crippen LogP contribution in [-0.2, 0) is 9.53 Å². The van der Waals surface area contributed by atoms with Crippen LogP contribution in [0.1, 0.15) is 49.0 Å². The molecule has 1 aromatic carbocycles. The van der Waals surface area contributed by atoms with Gasteiger partial charge in [-0.15, -0.1) is 5.10 Å². The van der Waals surface area contributed by atoms with Crippen molar-refractivity contribution in [1.82, 2.24) is 19.5 Å². The standard InChI is InChI=1S/C22H28N4O4S/c1-4-29-17-10-8-15(9-11-17)18(19-20(27)26-22(31-19)23-14(3)24-26)25-12-6-7-16(13-25)21(28)30-5-2/h8-11,16,18,27H,4-7,12-13H2,1-3H3/t16-,18-/m1/s1. The fourth-order valence-electron chi connectivity index (χ4n) is 4.16. The average Bonchev–Trinajstić information content (AvgIpc) is 3.27. The summed E-state index contributed by atoms with van der Waals surface area (Å²) in [6.45, 7) is 7.96. The largest absolute Gasteiger partial charge is 0.494 e. The maximum atomic E-state index is 12.4. The number of aromatic hydroxyl groups is 1. The molecular formula is C22H28N4O4S. The molecule has 8 nitrogen and oxygen atoms in total. The highest BCUT2D eigenvalue weighted by Gasteiger charge is 2.35. The molecule has 4 rings (SSSR count). The van der Waals surface area contributed by atoms with Crippen molar-refractivity contribution in [3.63, 3.8) is 0 Å². The minimum Gasteiger partial charge on any atom is -0.494 e. The third-order valence-electron chi connectivity index (χ3n) is 5.50. The van der Waals surface area contributed by atoms with Crippen molar-refractivity contribution in [2.75, 3.05) is 26.3 Å². The number of carbonyl (C=O) groups excluding carboxylic acids is 1. The lowest BCUT2D eigenvalue weighted by Crippen LogP contribution is -2.41. The third-order valence-corrected chi connectivity index (χ3v) is 6.57. The molecule has 1 fully saturated rings. The summed E-state index contributed by atoms with van der Waals surface area (Å²) < 4.78 is 12.4. The lowest BCUT2D eigenvalue weighted by atomic mass is 9.94. The van der Waals surface area contributed by atoms with Crippen molar-refractivity contribution >= 4 is 22.3 Å². The Balaban J connectivity index is 1.72. The second-order valence-electron chi connectivity index (χ2n) is 7.63. The number of piperidine rings is 1. The van der Waals surface area contributed by atoms with Crippen LogP contribution in [0.5, 0.6) is 11.6 Å². The number of hydrogen-bond donors (Lipinski definition) is 1. The molecular weight excluding hydrogens is 416 g/mol. The number of esters is 1. The van der Waals surface area contributed by atoms with Gasteiger partial charge in [0.2, 0.25) is 10.8 Å². The fourth-order valence-corrected chi connectivity index (χ4v) is 5.32. The van der Waals surface area contributed by atoms with Gasteiger partial charge in [0.15, 0.2) is 0 Å². The summed E-state index contributed by atoms with van der Waals surface area (Å²) in [4.78, 5) is 20.5. The number of ether oxygens (including phenoxy) is 2. The van der Waals surface area contributed by atoms with Crippen LogP contribution in [0.15, 0.2) is 24.3 Å². The molecule has 0 spiro atoms. The van der Waals surface area contributed by atoms with Gasteiger partial charge in [-0.3, -0.25) is 9.69 Å². The van der Waals surface area contributed by atoms with Gasteiger partial charge in [0.1, 0.15) is 11.6 Å². The van der Waals surface area contributed by atoms with Gasteiger partial charge in [-0.25, -0.2) is 4.98 Å². The number of thiazole rings is 1. The van der Waals surface area contributed by atoms with E-state index < -0.39 is 0 Å². The van der Waals surface area contributed by atoms with E-state index in [1.165, 1.54) is 15.9 Å². The Kier molecular flexibility index (Phi) is 6.43. The molecule has 0 saturated carbocycles. The van der Waals surface area contributed by atoms with Crippen LogP contribution in [0.25, 0.3) is 4.96 Å². The van der Waals surface area contributed by atoms with E-state index in [-0.39, 0.29) is 23.8 Å². The first kappa shape index (κ1) is 21.6. The molecule has 1 saturated heterocycles. The molecule has 166 valence electrons. The van der Waals surface area contributed by atoms with Gasteiger partial charge >= 0.3 is 5.97 Å². The normalized spacial score (nSPS) is 18.2. The number of fused-ring (bicyclic) bond motifs is 1. The zero-order chi connectivity index (χ0) is 22.0. The van der Waals surface area contributed by atoms with E-state index in [4.69, 9.17) is 9.47 Å². The van der Waals surface area contributed by atoms with Crippen molar-refractivity contribution in [2.45, 2.75) is 39.7 Å². The second kappa shape index (κ2) is 9.23. The van der Waals surface area contributed by atoms with Crippen molar-refractivity contribution in [3.05, 3.63) is 40.5 Å². The maximum Gasteiger partial charge on any atom is 0.310 e. The summed E-state index contributed by atoms with van der Waals surface area (Å²) in [5.41, 5.74) is 1.02. The smallest absolute Gasteiger partial charge is 0.310 e. The zero-order valence-electron chi connectivity index (χ0n) is 18.1. The highest BCUT2D eigenvalue weighted by atomic mass is 32.1. The molecule has 0 aliphatic carbocycles. The molecule has 2 aromatic heterocycles. The predicted octanol–water partition coefficient (Wildman–Crippen LogP) is 3.57. The summed E-state index contributed by atoms with van der Waals surface area (Å²) >= 11 is 1.43. The van der Waals surface area contributed by atoms with Gasteiger partial charge in [0.25, 0.3) is 0 Å². The average molecular weight is 445 g/mol. The monoisotopic (exact) mass is 444 g/mol. The van der Waals surface area contributed by atoms with E-state index in [2.05, 4.69) is 15.0 Å². The topological polar surface area (TPSA) is 89.2 Å². The second-order valence-corrected chi connectivity index (χ2v) is 8.64. The van der Waals surface area contributed by atoms with E-state index in [0.717, 1.165) is 35.6 Å². The van der Waals surface area contributed by atoms with Crippen LogP contribution in [0.3, 0.4) is 0 Å². The van der Waals surface area contributed by atoms with E-state index in [1.54, 1.807) is 6.92 Å². The van der Waals surface area contributed by atoms with Gasteiger partial charge < -0.3 is 14.6 Å². The highest BCUT2D eigenvalue weighted by Crippen LogP contribution is 2.41. The Bertz CT molecular complexity index is 1050. The molecule has 9 heteroatoms. The van der Waals surface area contributed by atoms with Crippen LogP contribution in [0, 0.1) is 12.8 Å². The summed E-state index contributed by atoms with van der Waals surface area (Å²) in [7, 11) is 0. The number of likely N-dealkylation sites (tertiary alicyclic amines) is 1. The molecule has 0 bridgehead atoms. The lowest BCUT2D eigenvalue weighted by Gasteiger charge is -2.37. The Hall–Kier alpha value is -2.65. The van der Waals surface area contributed by atoms with Crippen molar-refractivity contribution < 1.29 is 19.4 Å². The number of aryl methyl sites for hydroxylation is 1. The highest BCUT2D eigenvalue weighted by molar-refractivity contribution is 7.17. The number of aromatic nitrogens is 3. The Morgan fingerprint density at radius 3 is 2.74 bits per heavy atom. The molecule has 1 aliphatic heterocycles. The summed E-state index contributed by atoms with van der Waals surface area (Å²) in [6.07, 6.45) is 1.70. The fraction of sp³-hybridized carbons (Fsp3) is 0.500. The first-order chi connectivity index (χ1) is 15.0. The number of rotatable bonds is 7. The third kappa shape index (κ3) is 4.38. The first-order valence-electron chi connectivity index (χ1n) is 10.7. The number of benzene rings is 1. The minimum absolute atomic E-state index is 0.0951. The quantitative estimate of drug-likeness (QED) is 0.557. The Labute approximate surface area is 185 Å². The lowest BCUT2D eigenvalue weighted by molar-refractivity contribution is -0.150. The van der Waals surface area contributed by atoms with E-state index >= 15 is 0 Å². The van der Waals surface area contributed by atoms with Gasteiger partial charge in [-0.05, 0) is 57.9 Å². The zero-order valence-corrected chi connectivity index (χ0v) is 18.9. The SMILES string of the molecule is CCOC(=O)[C@@H]1CCCN([C@H](c2ccc(OCC)cc2)c2sc3nc(C)nn3c2O)C1. The molecule has 2 atom stereocenters. The molecule has 0 radical (unpaired) electrons. The molecule has 1 aliphatic rings. The van der Waals surface area contributed by atoms with Crippen LogP contribution in [-0.4, -0.2) is 56.9 Å². The maximum absolute atomic E-state index is 12.4. The Morgan fingerprint density at radius 2 is 2.06 bits per heavy atom. The van der Waals surface area contributed by atoms with Crippen LogP contribution in [0.2, 0.25) is 0 Å². The van der Waals surface area contributed by atoms with Crippen molar-refractivity contribution in [2.24, 2.45) is 5.92 Å². The Morgan fingerprint density at radius 1 is 1.29 bits per heavy atom. The van der Waals surface area contributed by atoms with Crippen molar-refractivity contribution in [1.29, 1.82) is 0 Å². The van der Waals surface area contributed by atoms with E-state index in [9.17, 15) is 9.90 Å². The molecule has 1 N–H and O–H groups in total. The predicted molar refractivity (Wildman–Crippen MR) is 118 cm³/mol. The van der Waals surface area contributed by atoms with Crippen LogP contribution in [0.4, 0.5) is 0 Å². The van der Waals surface area contributed by atoms with Gasteiger partial charge in [-0.2, -0.15) is 4.52 Å². The number of carbonyl (C=O) groups is 1. The van der Waals surface area contributed by atoms with Crippen LogP contribution < -0.4 is 4.74 Å². The number of nitrogens with zero attached hydrogens (tertiary/aromatic N) is 4. The molecule has 3 aromatic rings. The minimum atomic E-state index is -0.221. The summed E-state index contributed by atoms with van der Waals surface area (Å²) in [5, 5.41) is 15.3. The van der Waals surface area contributed by atoms with Gasteiger partial charge in [0, 0.05) is 6.54 Å². The summed E-state index contributed by atoms with van der Waals surface area (Å²) in [6, 6.07) is 7.70. The van der Waals surface area contributed by atoms with Gasteiger partial charge in [-0.1, -0.05) is 23.5 Å². The first-order valence-corrected chi connectivity index (χ1v) is 11.5. The molecule has 0 amide bonds. The van der Waals surface area contributed by atoms with E-state index in [0.29, 0.717) is 30.5 Å². The molecule has 31 heavy (non-hydrogen) atoms. The molecule has 3 heterocycles. The van der Waals surface area contributed by atoms with E-state index in [1.807, 2.05) is 38.1 Å². The number of hydrogen-bond acceptors (Lipinski definition) is 8. The molecule has 0 unspecified atom stereocenters. The van der Waals surface area contributed by atoms with Crippen molar-refractivity contribution in [3.8, 4) is 11.6 Å².